The van der Waals surface area contributed by atoms with E-state index in [2.05, 4.69) is 13.0 Å². The van der Waals surface area contributed by atoms with Gasteiger partial charge in [-0.15, -0.1) is 0 Å². The van der Waals surface area contributed by atoms with Crippen molar-refractivity contribution in [2.24, 2.45) is 11.8 Å². The Balaban J connectivity index is 2.21. The molecule has 0 spiro atoms. The lowest BCUT2D eigenvalue weighted by Gasteiger charge is -2.35. The predicted molar refractivity (Wildman–Crippen MR) is 45.2 cm³/mol. The number of rotatable bonds is 0. The molecule has 11 heavy (non-hydrogen) atoms. The van der Waals surface area contributed by atoms with Crippen molar-refractivity contribution in [3.8, 4) is 0 Å². The molecule has 1 nitrogen and oxygen atoms in total. The number of fused-ring (bicyclic) bond motifs is 2. The van der Waals surface area contributed by atoms with Gasteiger partial charge in [0.25, 0.3) is 0 Å². The van der Waals surface area contributed by atoms with Gasteiger partial charge in [-0.25, -0.2) is 0 Å². The number of aliphatic hydroxyl groups excluding tert-OH is 1. The molecule has 2 bridgehead atoms. The van der Waals surface area contributed by atoms with Crippen molar-refractivity contribution >= 4 is 0 Å². The molecule has 0 saturated heterocycles. The molecule has 1 saturated carbocycles. The van der Waals surface area contributed by atoms with Gasteiger partial charge in [-0.2, -0.15) is 0 Å². The van der Waals surface area contributed by atoms with E-state index in [4.69, 9.17) is 0 Å². The lowest BCUT2D eigenvalue weighted by Crippen LogP contribution is -2.32. The smallest absolute Gasteiger partial charge is 0.0631 e. The monoisotopic (exact) mass is 152 g/mol. The van der Waals surface area contributed by atoms with Crippen molar-refractivity contribution in [2.75, 3.05) is 0 Å². The minimum atomic E-state index is -0.0564. The van der Waals surface area contributed by atoms with Crippen LogP contribution in [0.4, 0.5) is 0 Å². The van der Waals surface area contributed by atoms with Crippen LogP contribution in [-0.4, -0.2) is 11.2 Å². The standard InChI is InChI=1S/C10H16O/c1-7-5-8-3-2-4-9(6-8)10(7)11/h5,7,9-11H,2-4,6H2,1H3. The Bertz CT molecular complexity index is 183. The maximum absolute atomic E-state index is 9.74. The summed E-state index contributed by atoms with van der Waals surface area (Å²) in [5.74, 6) is 0.989. The molecular weight excluding hydrogens is 136 g/mol. The van der Waals surface area contributed by atoms with Crippen molar-refractivity contribution in [3.63, 3.8) is 0 Å². The summed E-state index contributed by atoms with van der Waals surface area (Å²) in [7, 11) is 0. The summed E-state index contributed by atoms with van der Waals surface area (Å²) in [6.45, 7) is 2.13. The molecule has 0 aliphatic heterocycles. The molecule has 0 aromatic heterocycles. The van der Waals surface area contributed by atoms with Gasteiger partial charge in [-0.05, 0) is 31.6 Å². The average molecular weight is 152 g/mol. The fraction of sp³-hybridized carbons (Fsp3) is 0.800. The lowest BCUT2D eigenvalue weighted by atomic mass is 9.73. The van der Waals surface area contributed by atoms with Crippen molar-refractivity contribution in [1.82, 2.24) is 0 Å². The Kier molecular flexibility index (Phi) is 1.76. The summed E-state index contributed by atoms with van der Waals surface area (Å²) in [4.78, 5) is 0. The van der Waals surface area contributed by atoms with Crippen LogP contribution < -0.4 is 0 Å². The van der Waals surface area contributed by atoms with Gasteiger partial charge < -0.3 is 5.11 Å². The molecule has 1 fully saturated rings. The summed E-state index contributed by atoms with van der Waals surface area (Å²) in [6.07, 6.45) is 7.21. The highest BCUT2D eigenvalue weighted by molar-refractivity contribution is 5.14. The molecule has 2 aliphatic carbocycles. The summed E-state index contributed by atoms with van der Waals surface area (Å²) < 4.78 is 0. The van der Waals surface area contributed by atoms with Gasteiger partial charge in [0.2, 0.25) is 0 Å². The van der Waals surface area contributed by atoms with E-state index in [-0.39, 0.29) is 6.10 Å². The normalized spacial score (nSPS) is 43.5. The summed E-state index contributed by atoms with van der Waals surface area (Å²) in [6, 6.07) is 0. The van der Waals surface area contributed by atoms with Crippen molar-refractivity contribution in [3.05, 3.63) is 11.6 Å². The van der Waals surface area contributed by atoms with E-state index in [9.17, 15) is 5.11 Å². The molecule has 0 radical (unpaired) electrons. The van der Waals surface area contributed by atoms with Gasteiger partial charge in [0, 0.05) is 5.92 Å². The molecule has 0 heterocycles. The third-order valence-corrected chi connectivity index (χ3v) is 3.12. The fourth-order valence-electron chi connectivity index (χ4n) is 2.47. The zero-order valence-electron chi connectivity index (χ0n) is 7.09. The van der Waals surface area contributed by atoms with E-state index in [0.717, 1.165) is 0 Å². The summed E-state index contributed by atoms with van der Waals surface area (Å²) >= 11 is 0. The van der Waals surface area contributed by atoms with E-state index in [1.807, 2.05) is 0 Å². The minimum Gasteiger partial charge on any atom is -0.392 e. The third-order valence-electron chi connectivity index (χ3n) is 3.12. The maximum Gasteiger partial charge on any atom is 0.0631 e. The van der Waals surface area contributed by atoms with Crippen molar-refractivity contribution < 1.29 is 5.11 Å². The maximum atomic E-state index is 9.74. The van der Waals surface area contributed by atoms with Crippen LogP contribution in [0.1, 0.15) is 32.6 Å². The molecule has 2 rings (SSSR count). The Morgan fingerprint density at radius 2 is 2.36 bits per heavy atom. The zero-order valence-corrected chi connectivity index (χ0v) is 7.09. The van der Waals surface area contributed by atoms with E-state index in [1.165, 1.54) is 25.7 Å². The van der Waals surface area contributed by atoms with Crippen LogP contribution in [-0.2, 0) is 0 Å². The largest absolute Gasteiger partial charge is 0.392 e. The van der Waals surface area contributed by atoms with E-state index < -0.39 is 0 Å². The molecule has 3 atom stereocenters. The van der Waals surface area contributed by atoms with Crippen molar-refractivity contribution in [1.29, 1.82) is 0 Å². The summed E-state index contributed by atoms with van der Waals surface area (Å²) in [5.41, 5.74) is 1.60. The second kappa shape index (κ2) is 2.63. The van der Waals surface area contributed by atoms with E-state index in [1.54, 1.807) is 5.57 Å². The van der Waals surface area contributed by atoms with Crippen LogP contribution in [0.5, 0.6) is 0 Å². The van der Waals surface area contributed by atoms with Crippen LogP contribution in [0.15, 0.2) is 11.6 Å². The highest BCUT2D eigenvalue weighted by atomic mass is 16.3. The first-order valence-electron chi connectivity index (χ1n) is 4.65. The first kappa shape index (κ1) is 7.35. The van der Waals surface area contributed by atoms with E-state index >= 15 is 0 Å². The van der Waals surface area contributed by atoms with Gasteiger partial charge in [0.05, 0.1) is 6.10 Å². The highest BCUT2D eigenvalue weighted by Gasteiger charge is 2.31. The SMILES string of the molecule is CC1C=C2CCCC(C2)C1O. The third kappa shape index (κ3) is 1.22. The first-order valence-corrected chi connectivity index (χ1v) is 4.65. The van der Waals surface area contributed by atoms with Crippen LogP contribution in [0, 0.1) is 11.8 Å². The number of hydrogen-bond acceptors (Lipinski definition) is 1. The van der Waals surface area contributed by atoms with Crippen LogP contribution in [0.25, 0.3) is 0 Å². The molecule has 3 unspecified atom stereocenters. The number of hydrogen-bond donors (Lipinski definition) is 1. The van der Waals surface area contributed by atoms with Crippen LogP contribution in [0.3, 0.4) is 0 Å². The molecule has 0 aromatic rings. The molecule has 0 amide bonds. The Hall–Kier alpha value is -0.300. The molecule has 62 valence electrons. The molecular formula is C10H16O. The second-order valence-corrected chi connectivity index (χ2v) is 4.03. The highest BCUT2D eigenvalue weighted by Crippen LogP contribution is 2.38. The Labute approximate surface area is 68.1 Å². The van der Waals surface area contributed by atoms with Gasteiger partial charge in [-0.1, -0.05) is 18.6 Å². The molecule has 0 aromatic carbocycles. The minimum absolute atomic E-state index is 0.0564. The van der Waals surface area contributed by atoms with Gasteiger partial charge in [0.1, 0.15) is 0 Å². The van der Waals surface area contributed by atoms with E-state index in [0.29, 0.717) is 11.8 Å². The first-order chi connectivity index (χ1) is 5.27. The average Bonchev–Trinajstić information content (AvgIpc) is 2.01. The Morgan fingerprint density at radius 3 is 3.18 bits per heavy atom. The molecule has 1 N–H and O–H groups in total. The second-order valence-electron chi connectivity index (χ2n) is 4.03. The zero-order chi connectivity index (χ0) is 7.84. The topological polar surface area (TPSA) is 20.2 Å². The number of allylic oxidation sites excluding steroid dienone is 1. The quantitative estimate of drug-likeness (QED) is 0.527. The lowest BCUT2D eigenvalue weighted by molar-refractivity contribution is 0.0543. The van der Waals surface area contributed by atoms with Crippen LogP contribution >= 0.6 is 0 Å². The number of aliphatic hydroxyl groups is 1. The predicted octanol–water partition coefficient (Wildman–Crippen LogP) is 2.11. The van der Waals surface area contributed by atoms with Gasteiger partial charge in [0.15, 0.2) is 0 Å². The van der Waals surface area contributed by atoms with Gasteiger partial charge >= 0.3 is 0 Å². The molecule has 1 heteroatoms. The fourth-order valence-corrected chi connectivity index (χ4v) is 2.47. The molecule has 2 aliphatic rings. The summed E-state index contributed by atoms with van der Waals surface area (Å²) in [5, 5.41) is 9.74. The van der Waals surface area contributed by atoms with Crippen molar-refractivity contribution in [2.45, 2.75) is 38.7 Å². The van der Waals surface area contributed by atoms with Crippen LogP contribution in [0.2, 0.25) is 0 Å². The Morgan fingerprint density at radius 1 is 1.55 bits per heavy atom. The van der Waals surface area contributed by atoms with Gasteiger partial charge in [-0.3, -0.25) is 0 Å².